The first-order valence-electron chi connectivity index (χ1n) is 10.9. The molecule has 0 saturated heterocycles. The molecule has 3 heterocycles. The minimum absolute atomic E-state index is 0.162. The van der Waals surface area contributed by atoms with Gasteiger partial charge in [-0.1, -0.05) is 48.5 Å². The lowest BCUT2D eigenvalue weighted by molar-refractivity contribution is 0.138. The highest BCUT2D eigenvalue weighted by atomic mass is 16.3. The molecular formula is C26H22N4O2. The van der Waals surface area contributed by atoms with Crippen molar-refractivity contribution in [3.8, 4) is 22.5 Å². The van der Waals surface area contributed by atoms with E-state index in [1.807, 2.05) is 65.2 Å². The van der Waals surface area contributed by atoms with Gasteiger partial charge in [-0.2, -0.15) is 0 Å². The SMILES string of the molecule is O=c1[nH]ccn2c(C3CC(CO)C3)nc(-c3ccc4ccc(-c5ccccc5)nc4c3)c12. The molecule has 6 rings (SSSR count). The quantitative estimate of drug-likeness (QED) is 0.450. The Hall–Kier alpha value is -3.77. The van der Waals surface area contributed by atoms with Crippen molar-refractivity contribution in [1.82, 2.24) is 19.4 Å². The highest BCUT2D eigenvalue weighted by molar-refractivity contribution is 5.88. The van der Waals surface area contributed by atoms with E-state index < -0.39 is 0 Å². The lowest BCUT2D eigenvalue weighted by atomic mass is 9.75. The first-order valence-corrected chi connectivity index (χ1v) is 10.9. The van der Waals surface area contributed by atoms with Crippen LogP contribution in [0.3, 0.4) is 0 Å². The Morgan fingerprint density at radius 2 is 1.81 bits per heavy atom. The summed E-state index contributed by atoms with van der Waals surface area (Å²) in [6.45, 7) is 0.202. The summed E-state index contributed by atoms with van der Waals surface area (Å²) in [4.78, 5) is 25.4. The number of aliphatic hydroxyl groups excluding tert-OH is 1. The van der Waals surface area contributed by atoms with Gasteiger partial charge in [0.15, 0.2) is 0 Å². The van der Waals surface area contributed by atoms with Crippen LogP contribution in [0.2, 0.25) is 0 Å². The normalized spacial score (nSPS) is 18.2. The fraction of sp³-hybridized carbons (Fsp3) is 0.192. The van der Waals surface area contributed by atoms with Crippen molar-refractivity contribution in [2.45, 2.75) is 18.8 Å². The average molecular weight is 422 g/mol. The van der Waals surface area contributed by atoms with Crippen molar-refractivity contribution in [1.29, 1.82) is 0 Å². The third kappa shape index (κ3) is 3.03. The monoisotopic (exact) mass is 422 g/mol. The smallest absolute Gasteiger partial charge is 0.274 e. The summed E-state index contributed by atoms with van der Waals surface area (Å²) in [5.41, 5.74) is 4.76. The second-order valence-corrected chi connectivity index (χ2v) is 8.51. The standard InChI is InChI=1S/C26H22N4O2/c31-15-16-12-20(13-16)25-29-23(24-26(32)27-10-11-30(24)25)19-7-6-18-8-9-21(28-22(18)14-19)17-4-2-1-3-5-17/h1-11,14,16,20,31H,12-13,15H2,(H,27,32). The van der Waals surface area contributed by atoms with Crippen LogP contribution in [0.4, 0.5) is 0 Å². The van der Waals surface area contributed by atoms with Crippen molar-refractivity contribution >= 4 is 16.4 Å². The zero-order valence-electron chi connectivity index (χ0n) is 17.4. The highest BCUT2D eigenvalue weighted by Crippen LogP contribution is 2.42. The summed E-state index contributed by atoms with van der Waals surface area (Å²) in [5, 5.41) is 10.4. The van der Waals surface area contributed by atoms with Gasteiger partial charge >= 0.3 is 0 Å². The van der Waals surface area contributed by atoms with Crippen molar-refractivity contribution in [2.24, 2.45) is 5.92 Å². The number of pyridine rings is 1. The minimum Gasteiger partial charge on any atom is -0.396 e. The van der Waals surface area contributed by atoms with Crippen LogP contribution in [0.5, 0.6) is 0 Å². The van der Waals surface area contributed by atoms with Crippen LogP contribution in [-0.2, 0) is 0 Å². The Labute approximate surface area is 184 Å². The van der Waals surface area contributed by atoms with Crippen LogP contribution in [0.1, 0.15) is 24.6 Å². The number of aromatic nitrogens is 4. The molecule has 0 atom stereocenters. The van der Waals surface area contributed by atoms with Crippen LogP contribution < -0.4 is 5.56 Å². The number of imidazole rings is 1. The number of aliphatic hydroxyl groups is 1. The molecule has 0 unspecified atom stereocenters. The number of fused-ring (bicyclic) bond motifs is 2. The van der Waals surface area contributed by atoms with E-state index in [1.165, 1.54) is 0 Å². The van der Waals surface area contributed by atoms with Gasteiger partial charge in [0, 0.05) is 41.4 Å². The number of nitrogens with zero attached hydrogens (tertiary/aromatic N) is 3. The zero-order valence-corrected chi connectivity index (χ0v) is 17.4. The van der Waals surface area contributed by atoms with E-state index in [0.29, 0.717) is 17.1 Å². The van der Waals surface area contributed by atoms with E-state index in [-0.39, 0.29) is 18.1 Å². The molecule has 0 radical (unpaired) electrons. The zero-order chi connectivity index (χ0) is 21.7. The Morgan fingerprint density at radius 1 is 1.00 bits per heavy atom. The van der Waals surface area contributed by atoms with Crippen LogP contribution in [0.25, 0.3) is 38.9 Å². The van der Waals surface area contributed by atoms with E-state index in [2.05, 4.69) is 11.1 Å². The van der Waals surface area contributed by atoms with Crippen LogP contribution in [0.15, 0.2) is 77.9 Å². The molecule has 5 aromatic rings. The summed E-state index contributed by atoms with van der Waals surface area (Å²) in [6, 6.07) is 20.2. The minimum atomic E-state index is -0.162. The molecule has 1 aliphatic carbocycles. The first kappa shape index (κ1) is 19.0. The number of H-pyrrole nitrogens is 1. The second-order valence-electron chi connectivity index (χ2n) is 8.51. The predicted octanol–water partition coefficient (Wildman–Crippen LogP) is 4.39. The maximum absolute atomic E-state index is 12.8. The van der Waals surface area contributed by atoms with Gasteiger partial charge in [0.25, 0.3) is 5.56 Å². The van der Waals surface area contributed by atoms with Crippen LogP contribution in [-0.4, -0.2) is 31.1 Å². The summed E-state index contributed by atoms with van der Waals surface area (Å²) >= 11 is 0. The maximum Gasteiger partial charge on any atom is 0.274 e. The summed E-state index contributed by atoms with van der Waals surface area (Å²) in [7, 11) is 0. The summed E-state index contributed by atoms with van der Waals surface area (Å²) in [5.74, 6) is 1.45. The van der Waals surface area contributed by atoms with E-state index in [9.17, 15) is 9.90 Å². The average Bonchev–Trinajstić information content (AvgIpc) is 3.19. The molecule has 6 heteroatoms. The number of hydrogen-bond donors (Lipinski definition) is 2. The van der Waals surface area contributed by atoms with Gasteiger partial charge < -0.3 is 10.1 Å². The van der Waals surface area contributed by atoms with E-state index >= 15 is 0 Å². The largest absolute Gasteiger partial charge is 0.396 e. The molecule has 2 aromatic carbocycles. The number of benzene rings is 2. The molecule has 1 fully saturated rings. The van der Waals surface area contributed by atoms with E-state index in [4.69, 9.17) is 9.97 Å². The third-order valence-corrected chi connectivity index (χ3v) is 6.49. The lowest BCUT2D eigenvalue weighted by Crippen LogP contribution is -2.26. The van der Waals surface area contributed by atoms with Crippen molar-refractivity contribution in [2.75, 3.05) is 6.61 Å². The van der Waals surface area contributed by atoms with Gasteiger partial charge in [-0.15, -0.1) is 0 Å². The van der Waals surface area contributed by atoms with E-state index in [1.54, 1.807) is 6.20 Å². The molecule has 158 valence electrons. The molecule has 2 N–H and O–H groups in total. The van der Waals surface area contributed by atoms with E-state index in [0.717, 1.165) is 46.4 Å². The fourth-order valence-corrected chi connectivity index (χ4v) is 4.69. The Morgan fingerprint density at radius 3 is 2.62 bits per heavy atom. The second kappa shape index (κ2) is 7.43. The maximum atomic E-state index is 12.8. The number of rotatable bonds is 4. The molecular weight excluding hydrogens is 400 g/mol. The number of hydrogen-bond acceptors (Lipinski definition) is 4. The topological polar surface area (TPSA) is 83.3 Å². The molecule has 0 amide bonds. The molecule has 0 aliphatic heterocycles. The van der Waals surface area contributed by atoms with Gasteiger partial charge in [-0.05, 0) is 30.9 Å². The Bertz CT molecular complexity index is 1500. The third-order valence-electron chi connectivity index (χ3n) is 6.49. The summed E-state index contributed by atoms with van der Waals surface area (Å²) < 4.78 is 1.91. The molecule has 6 nitrogen and oxygen atoms in total. The van der Waals surface area contributed by atoms with Crippen molar-refractivity contribution in [3.05, 3.63) is 89.2 Å². The van der Waals surface area contributed by atoms with Gasteiger partial charge in [0.1, 0.15) is 17.0 Å². The first-order chi connectivity index (χ1) is 15.7. The molecule has 1 saturated carbocycles. The van der Waals surface area contributed by atoms with Gasteiger partial charge in [0.05, 0.1) is 11.2 Å². The molecule has 1 aliphatic rings. The van der Waals surface area contributed by atoms with Crippen LogP contribution >= 0.6 is 0 Å². The fourth-order valence-electron chi connectivity index (χ4n) is 4.69. The van der Waals surface area contributed by atoms with Gasteiger partial charge in [0.2, 0.25) is 0 Å². The number of nitrogens with one attached hydrogen (secondary N) is 1. The van der Waals surface area contributed by atoms with Gasteiger partial charge in [-0.25, -0.2) is 9.97 Å². The highest BCUT2D eigenvalue weighted by Gasteiger charge is 2.33. The molecule has 32 heavy (non-hydrogen) atoms. The Kier molecular flexibility index (Phi) is 4.40. The lowest BCUT2D eigenvalue weighted by Gasteiger charge is -2.32. The number of aromatic amines is 1. The molecule has 3 aromatic heterocycles. The Balaban J connectivity index is 1.49. The predicted molar refractivity (Wildman–Crippen MR) is 125 cm³/mol. The summed E-state index contributed by atoms with van der Waals surface area (Å²) in [6.07, 6.45) is 5.30. The van der Waals surface area contributed by atoms with Gasteiger partial charge in [-0.3, -0.25) is 9.20 Å². The van der Waals surface area contributed by atoms with Crippen LogP contribution in [0, 0.1) is 5.92 Å². The molecule has 0 spiro atoms. The van der Waals surface area contributed by atoms with Crippen molar-refractivity contribution < 1.29 is 5.11 Å². The van der Waals surface area contributed by atoms with Crippen molar-refractivity contribution in [3.63, 3.8) is 0 Å². The molecule has 0 bridgehead atoms.